The minimum absolute atomic E-state index is 0.00276. The number of halogens is 3. The van der Waals surface area contributed by atoms with Crippen LogP contribution in [0.4, 0.5) is 13.2 Å². The molecule has 2 aliphatic heterocycles. The molecular weight excluding hydrogens is 575 g/mol. The molecule has 0 bridgehead atoms. The number of H-pyrrole nitrogens is 1. The van der Waals surface area contributed by atoms with E-state index in [1.54, 1.807) is 12.4 Å². The molecule has 4 heterocycles. The Morgan fingerprint density at radius 1 is 1.19 bits per heavy atom. The van der Waals surface area contributed by atoms with Gasteiger partial charge in [0.25, 0.3) is 5.56 Å². The van der Waals surface area contributed by atoms with Gasteiger partial charge in [0.2, 0.25) is 0 Å². The number of hydrogen-bond donors (Lipinski definition) is 7. The molecule has 2 aliphatic rings. The van der Waals surface area contributed by atoms with E-state index in [0.29, 0.717) is 6.54 Å². The number of nitrogens with two attached hydrogens (primary N) is 1. The molecule has 2 aromatic heterocycles. The van der Waals surface area contributed by atoms with Gasteiger partial charge < -0.3 is 45.7 Å². The molecule has 4 rings (SSSR count). The monoisotopic (exact) mass is 607 g/mol. The lowest BCUT2D eigenvalue weighted by atomic mass is 10.1. The van der Waals surface area contributed by atoms with Crippen molar-refractivity contribution in [3.05, 3.63) is 63.2 Å². The minimum atomic E-state index is -5.08. The van der Waals surface area contributed by atoms with E-state index < -0.39 is 72.5 Å². The molecule has 0 aromatic carbocycles. The molecule has 0 radical (unpaired) electrons. The van der Waals surface area contributed by atoms with Gasteiger partial charge in [-0.25, -0.2) is 9.59 Å². The maximum atomic E-state index is 12.2. The van der Waals surface area contributed by atoms with Crippen LogP contribution >= 0.6 is 0 Å². The highest BCUT2D eigenvalue weighted by Crippen LogP contribution is 2.32. The highest BCUT2D eigenvalue weighted by Gasteiger charge is 2.47. The number of pyridine rings is 1. The number of carboxylic acid groups (broad SMARTS) is 1. The predicted molar refractivity (Wildman–Crippen MR) is 135 cm³/mol. The molecule has 0 unspecified atom stereocenters. The van der Waals surface area contributed by atoms with Gasteiger partial charge in [0.1, 0.15) is 24.4 Å². The largest absolute Gasteiger partial charge is 0.490 e. The van der Waals surface area contributed by atoms with E-state index in [0.717, 1.165) is 22.6 Å². The number of aromatic amines is 1. The molecule has 0 saturated carbocycles. The number of nitrogens with zero attached hydrogens (tertiary/aromatic N) is 2. The lowest BCUT2D eigenvalue weighted by molar-refractivity contribution is -0.213. The van der Waals surface area contributed by atoms with Crippen molar-refractivity contribution < 1.29 is 52.6 Å². The summed E-state index contributed by atoms with van der Waals surface area (Å²) >= 11 is 0. The van der Waals surface area contributed by atoms with E-state index in [2.05, 4.69) is 15.3 Å². The Morgan fingerprint density at radius 3 is 2.43 bits per heavy atom. The summed E-state index contributed by atoms with van der Waals surface area (Å²) in [5.41, 5.74) is 5.42. The van der Waals surface area contributed by atoms with Crippen LogP contribution in [0, 0.1) is 0 Å². The van der Waals surface area contributed by atoms with Crippen molar-refractivity contribution in [1.82, 2.24) is 19.9 Å². The Balaban J connectivity index is 0.000000616. The van der Waals surface area contributed by atoms with Gasteiger partial charge in [0.15, 0.2) is 12.5 Å². The van der Waals surface area contributed by atoms with Crippen LogP contribution in [-0.2, 0) is 25.4 Å². The second-order valence-electron chi connectivity index (χ2n) is 9.43. The van der Waals surface area contributed by atoms with Crippen LogP contribution in [0.15, 0.2) is 46.4 Å². The van der Waals surface area contributed by atoms with Crippen molar-refractivity contribution >= 4 is 5.97 Å². The first-order chi connectivity index (χ1) is 19.8. The van der Waals surface area contributed by atoms with Crippen LogP contribution in [0.3, 0.4) is 0 Å². The van der Waals surface area contributed by atoms with Gasteiger partial charge in [-0.05, 0) is 30.7 Å². The fourth-order valence-electron chi connectivity index (χ4n) is 4.29. The van der Waals surface area contributed by atoms with Crippen molar-refractivity contribution in [1.29, 1.82) is 0 Å². The number of ether oxygens (including phenoxy) is 3. The highest BCUT2D eigenvalue weighted by atomic mass is 19.4. The average Bonchev–Trinajstić information content (AvgIpc) is 3.45. The Bertz CT molecular complexity index is 1260. The molecule has 15 nitrogen and oxygen atoms in total. The summed E-state index contributed by atoms with van der Waals surface area (Å²) in [5, 5.41) is 41.5. The number of nitrogens with one attached hydrogen (secondary N) is 2. The van der Waals surface area contributed by atoms with E-state index >= 15 is 0 Å². The zero-order valence-corrected chi connectivity index (χ0v) is 22.0. The third kappa shape index (κ3) is 8.88. The number of aliphatic hydroxyl groups excluding tert-OH is 3. The lowest BCUT2D eigenvalue weighted by Gasteiger charge is -2.28. The minimum Gasteiger partial charge on any atom is -0.475 e. The first-order valence-corrected chi connectivity index (χ1v) is 12.7. The molecule has 234 valence electrons. The normalized spacial score (nSPS) is 28.2. The van der Waals surface area contributed by atoms with Crippen LogP contribution in [0.1, 0.15) is 18.2 Å². The zero-order chi connectivity index (χ0) is 31.0. The van der Waals surface area contributed by atoms with E-state index in [1.165, 1.54) is 6.20 Å². The molecule has 0 spiro atoms. The summed E-state index contributed by atoms with van der Waals surface area (Å²) in [6.07, 6.45) is -7.48. The van der Waals surface area contributed by atoms with Gasteiger partial charge >= 0.3 is 17.8 Å². The van der Waals surface area contributed by atoms with Gasteiger partial charge in [-0.2, -0.15) is 13.2 Å². The van der Waals surface area contributed by atoms with Crippen LogP contribution in [0.2, 0.25) is 0 Å². The molecule has 2 fully saturated rings. The van der Waals surface area contributed by atoms with Gasteiger partial charge in [-0.15, -0.1) is 0 Å². The quantitative estimate of drug-likeness (QED) is 0.143. The number of alkyl halides is 3. The number of hydrogen-bond acceptors (Lipinski definition) is 12. The van der Waals surface area contributed by atoms with E-state index in [4.69, 9.17) is 29.8 Å². The fraction of sp³-hybridized carbons (Fsp3) is 0.583. The maximum Gasteiger partial charge on any atom is 0.490 e. The highest BCUT2D eigenvalue weighted by molar-refractivity contribution is 5.73. The molecule has 2 saturated heterocycles. The first kappa shape index (κ1) is 33.3. The number of aliphatic hydroxyl groups is 3. The fourth-order valence-corrected chi connectivity index (χ4v) is 4.29. The Labute approximate surface area is 235 Å². The number of carboxylic acids is 1. The second kappa shape index (κ2) is 14.8. The third-order valence-corrected chi connectivity index (χ3v) is 6.44. The molecule has 18 heteroatoms. The van der Waals surface area contributed by atoms with Crippen LogP contribution in [0.5, 0.6) is 0 Å². The molecule has 8 N–H and O–H groups in total. The summed E-state index contributed by atoms with van der Waals surface area (Å²) < 4.78 is 50.4. The molecular formula is C24H32F3N5O10. The number of carbonyl (C=O) groups is 1. The average molecular weight is 608 g/mol. The molecule has 42 heavy (non-hydrogen) atoms. The number of rotatable bonds is 10. The van der Waals surface area contributed by atoms with Gasteiger partial charge in [-0.3, -0.25) is 19.3 Å². The topological polar surface area (TPSA) is 231 Å². The maximum absolute atomic E-state index is 12.2. The zero-order valence-electron chi connectivity index (χ0n) is 22.0. The Hall–Kier alpha value is -3.23. The predicted octanol–water partition coefficient (Wildman–Crippen LogP) is -2.16. The van der Waals surface area contributed by atoms with Crippen molar-refractivity contribution in [3.63, 3.8) is 0 Å². The molecule has 0 aliphatic carbocycles. The van der Waals surface area contributed by atoms with Gasteiger partial charge in [-0.1, -0.05) is 0 Å². The summed E-state index contributed by atoms with van der Waals surface area (Å²) in [4.78, 5) is 38.6. The molecule has 0 amide bonds. The van der Waals surface area contributed by atoms with Crippen molar-refractivity contribution in [2.45, 2.75) is 68.2 Å². The van der Waals surface area contributed by atoms with Gasteiger partial charge in [0, 0.05) is 44.2 Å². The van der Waals surface area contributed by atoms with Crippen molar-refractivity contribution in [3.8, 4) is 0 Å². The van der Waals surface area contributed by atoms with Crippen LogP contribution in [-0.4, -0.2) is 110 Å². The molecule has 2 aromatic rings. The summed E-state index contributed by atoms with van der Waals surface area (Å²) in [7, 11) is 0. The van der Waals surface area contributed by atoms with E-state index in [-0.39, 0.29) is 19.5 Å². The summed E-state index contributed by atoms with van der Waals surface area (Å²) in [6.45, 7) is 0.874. The second-order valence-corrected chi connectivity index (χ2v) is 9.43. The van der Waals surface area contributed by atoms with Crippen molar-refractivity contribution in [2.75, 3.05) is 19.6 Å². The van der Waals surface area contributed by atoms with Crippen molar-refractivity contribution in [2.24, 2.45) is 5.73 Å². The standard InChI is InChI=1S/C22H31N5O8.C2HF3O2/c23-10-15-18(30)19(31)21(34-15)35-16(11-25-7-3-12-1-5-24-6-2-12)14-9-13(28)20(33-14)27-8-4-17(29)26-22(27)32;3-2(4,5)1(6)7/h1-2,4-6,8,13-16,18-21,25,28,30-31H,3,7,9-11,23H2,(H,26,29,32);(H,6,7)/t13-,14+,15-,16+,18-,19-,20-,21+;/m1./s1. The number of aliphatic carboxylic acids is 1. The van der Waals surface area contributed by atoms with Crippen LogP contribution in [0.25, 0.3) is 0 Å². The van der Waals surface area contributed by atoms with Crippen LogP contribution < -0.4 is 22.3 Å². The Kier molecular flexibility index (Phi) is 11.7. The SMILES string of the molecule is NC[C@H]1O[C@@H](O[C@@H](CNCCc2ccncc2)[C@@H]2C[C@@H](O)[C@H](n3ccc(=O)[nH]c3=O)O2)[C@H](O)[C@@H]1O.O=C(O)C(F)(F)F. The first-order valence-electron chi connectivity index (χ1n) is 12.7. The smallest absolute Gasteiger partial charge is 0.475 e. The number of aromatic nitrogens is 3. The Morgan fingerprint density at radius 2 is 1.86 bits per heavy atom. The summed E-state index contributed by atoms with van der Waals surface area (Å²) in [5.74, 6) is -2.76. The van der Waals surface area contributed by atoms with E-state index in [1.807, 2.05) is 12.1 Å². The third-order valence-electron chi connectivity index (χ3n) is 6.44. The molecule has 8 atom stereocenters. The van der Waals surface area contributed by atoms with Gasteiger partial charge in [0.05, 0.1) is 12.2 Å². The lowest BCUT2D eigenvalue weighted by Crippen LogP contribution is -2.44. The summed E-state index contributed by atoms with van der Waals surface area (Å²) in [6, 6.07) is 4.99. The van der Waals surface area contributed by atoms with E-state index in [9.17, 15) is 38.1 Å².